The Morgan fingerprint density at radius 2 is 1.74 bits per heavy atom. The molecule has 4 rings (SSSR count). The predicted molar refractivity (Wildman–Crippen MR) is 131 cm³/mol. The average Bonchev–Trinajstić information content (AvgIpc) is 3.07. The lowest BCUT2D eigenvalue weighted by atomic mass is 10.2. The normalized spacial score (nSPS) is 10.8. The number of ether oxygens (including phenoxy) is 2. The fourth-order valence-electron chi connectivity index (χ4n) is 3.41. The largest absolute Gasteiger partial charge is 0.496 e. The molecule has 2 aromatic heterocycles. The van der Waals surface area contributed by atoms with Crippen LogP contribution >= 0.6 is 11.6 Å². The van der Waals surface area contributed by atoms with Gasteiger partial charge in [-0.15, -0.1) is 0 Å². The third kappa shape index (κ3) is 4.87. The first kappa shape index (κ1) is 23.3. The van der Waals surface area contributed by atoms with Crippen LogP contribution in [-0.2, 0) is 0 Å². The molecule has 8 nitrogen and oxygen atoms in total. The Morgan fingerprint density at radius 3 is 2.38 bits per heavy atom. The number of hydrogen-bond acceptors (Lipinski definition) is 6. The number of benzene rings is 2. The van der Waals surface area contributed by atoms with Gasteiger partial charge in [-0.3, -0.25) is 4.79 Å². The van der Waals surface area contributed by atoms with E-state index in [0.29, 0.717) is 45.3 Å². The quantitative estimate of drug-likeness (QED) is 0.388. The molecule has 0 fully saturated rings. The zero-order valence-electron chi connectivity index (χ0n) is 19.5. The molecule has 0 aliphatic rings. The van der Waals surface area contributed by atoms with Crippen LogP contribution in [0.2, 0.25) is 5.02 Å². The van der Waals surface area contributed by atoms with E-state index in [0.717, 1.165) is 17.0 Å². The summed E-state index contributed by atoms with van der Waals surface area (Å²) >= 11 is 6.03. The molecule has 0 unspecified atom stereocenters. The molecular weight excluding hydrogens is 454 g/mol. The van der Waals surface area contributed by atoms with Crippen LogP contribution in [0, 0.1) is 27.7 Å². The van der Waals surface area contributed by atoms with E-state index >= 15 is 0 Å². The Hall–Kier alpha value is -3.91. The summed E-state index contributed by atoms with van der Waals surface area (Å²) in [5, 5.41) is 7.85. The van der Waals surface area contributed by atoms with Crippen molar-refractivity contribution in [1.29, 1.82) is 0 Å². The number of hydrogen-bond donors (Lipinski definition) is 1. The van der Waals surface area contributed by atoms with E-state index in [-0.39, 0.29) is 5.91 Å². The molecule has 0 saturated heterocycles. The van der Waals surface area contributed by atoms with E-state index in [4.69, 9.17) is 21.1 Å². The van der Waals surface area contributed by atoms with Crippen molar-refractivity contribution in [2.75, 3.05) is 12.4 Å². The minimum Gasteiger partial charge on any atom is -0.496 e. The molecular formula is C25H24ClN5O3. The number of methoxy groups -OCH3 is 1. The number of carbonyl (C=O) groups excluding carboxylic acids is 1. The Labute approximate surface area is 202 Å². The van der Waals surface area contributed by atoms with E-state index in [2.05, 4.69) is 20.4 Å². The Balaban J connectivity index is 1.51. The average molecular weight is 478 g/mol. The molecule has 174 valence electrons. The molecule has 9 heteroatoms. The molecule has 0 radical (unpaired) electrons. The number of rotatable bonds is 6. The second-order valence-corrected chi connectivity index (χ2v) is 8.18. The van der Waals surface area contributed by atoms with Gasteiger partial charge in [0.15, 0.2) is 5.82 Å². The zero-order valence-corrected chi connectivity index (χ0v) is 20.3. The zero-order chi connectivity index (χ0) is 24.4. The van der Waals surface area contributed by atoms with Crippen LogP contribution in [0.25, 0.3) is 5.82 Å². The molecule has 1 N–H and O–H groups in total. The highest BCUT2D eigenvalue weighted by Crippen LogP contribution is 2.26. The van der Waals surface area contributed by atoms with Crippen molar-refractivity contribution >= 4 is 23.2 Å². The fraction of sp³-hybridized carbons (Fsp3) is 0.200. The van der Waals surface area contributed by atoms with Crippen molar-refractivity contribution in [3.05, 3.63) is 81.9 Å². The third-order valence-electron chi connectivity index (χ3n) is 5.41. The van der Waals surface area contributed by atoms with E-state index in [9.17, 15) is 4.79 Å². The van der Waals surface area contributed by atoms with Crippen molar-refractivity contribution in [2.45, 2.75) is 27.7 Å². The Bertz CT molecular complexity index is 1370. The lowest BCUT2D eigenvalue weighted by Crippen LogP contribution is -2.13. The summed E-state index contributed by atoms with van der Waals surface area (Å²) in [6.07, 6.45) is 0. The summed E-state index contributed by atoms with van der Waals surface area (Å²) in [6, 6.07) is 13.6. The number of nitrogens with one attached hydrogen (secondary N) is 1. The number of amides is 1. The van der Waals surface area contributed by atoms with Crippen molar-refractivity contribution < 1.29 is 14.3 Å². The van der Waals surface area contributed by atoms with Gasteiger partial charge in [0, 0.05) is 22.5 Å². The van der Waals surface area contributed by atoms with E-state index in [1.165, 1.54) is 7.11 Å². The Morgan fingerprint density at radius 1 is 1.00 bits per heavy atom. The molecule has 34 heavy (non-hydrogen) atoms. The first-order chi connectivity index (χ1) is 16.2. The highest BCUT2D eigenvalue weighted by Gasteiger charge is 2.15. The van der Waals surface area contributed by atoms with Crippen LogP contribution in [0.4, 0.5) is 5.69 Å². The van der Waals surface area contributed by atoms with Crippen molar-refractivity contribution in [3.8, 4) is 23.2 Å². The summed E-state index contributed by atoms with van der Waals surface area (Å²) < 4.78 is 13.0. The van der Waals surface area contributed by atoms with Crippen molar-refractivity contribution in [3.63, 3.8) is 0 Å². The van der Waals surface area contributed by atoms with Crippen LogP contribution in [0.3, 0.4) is 0 Å². The number of nitrogens with zero attached hydrogens (tertiary/aromatic N) is 4. The molecule has 0 aliphatic carbocycles. The van der Waals surface area contributed by atoms with Gasteiger partial charge in [0.25, 0.3) is 5.91 Å². The monoisotopic (exact) mass is 477 g/mol. The van der Waals surface area contributed by atoms with Gasteiger partial charge in [0.1, 0.15) is 17.3 Å². The molecule has 0 atom stereocenters. The lowest BCUT2D eigenvalue weighted by Gasteiger charge is -2.11. The highest BCUT2D eigenvalue weighted by atomic mass is 35.5. The number of carbonyl (C=O) groups is 1. The van der Waals surface area contributed by atoms with Crippen LogP contribution in [-0.4, -0.2) is 32.8 Å². The topological polar surface area (TPSA) is 91.2 Å². The van der Waals surface area contributed by atoms with Crippen LogP contribution < -0.4 is 14.8 Å². The smallest absolute Gasteiger partial charge is 0.259 e. The second kappa shape index (κ2) is 9.52. The van der Waals surface area contributed by atoms with Crippen molar-refractivity contribution in [2.24, 2.45) is 0 Å². The number of halogens is 1. The van der Waals surface area contributed by atoms with Crippen LogP contribution in [0.15, 0.2) is 48.5 Å². The maximum atomic E-state index is 12.7. The third-order valence-corrected chi connectivity index (χ3v) is 5.65. The summed E-state index contributed by atoms with van der Waals surface area (Å²) in [5.74, 6) is 2.27. The molecule has 4 aromatic rings. The maximum Gasteiger partial charge on any atom is 0.259 e. The summed E-state index contributed by atoms with van der Waals surface area (Å²) in [6.45, 7) is 7.80. The molecule has 0 aliphatic heterocycles. The van der Waals surface area contributed by atoms with Gasteiger partial charge in [-0.1, -0.05) is 11.6 Å². The number of aryl methyl sites for hydroxylation is 2. The summed E-state index contributed by atoms with van der Waals surface area (Å²) in [7, 11) is 1.50. The van der Waals surface area contributed by atoms with Crippen LogP contribution in [0.5, 0.6) is 17.4 Å². The molecule has 1 amide bonds. The van der Waals surface area contributed by atoms with E-state index < -0.39 is 0 Å². The lowest BCUT2D eigenvalue weighted by molar-refractivity contribution is 0.102. The SMILES string of the molecule is COc1ccc(Cl)cc1C(=O)Nc1ccc(Oc2cc(-n3nc(C)c(C)c3C)nc(C)n2)cc1. The van der Waals surface area contributed by atoms with Crippen molar-refractivity contribution in [1.82, 2.24) is 19.7 Å². The maximum absolute atomic E-state index is 12.7. The molecule has 2 aromatic carbocycles. The first-order valence-corrected chi connectivity index (χ1v) is 10.9. The predicted octanol–water partition coefficient (Wildman–Crippen LogP) is 5.60. The van der Waals surface area contributed by atoms with Gasteiger partial charge in [0.05, 0.1) is 18.4 Å². The molecule has 0 bridgehead atoms. The summed E-state index contributed by atoms with van der Waals surface area (Å²) in [5.41, 5.74) is 4.02. The first-order valence-electron chi connectivity index (χ1n) is 10.6. The summed E-state index contributed by atoms with van der Waals surface area (Å²) in [4.78, 5) is 21.6. The van der Waals surface area contributed by atoms with Gasteiger partial charge in [-0.05, 0) is 75.7 Å². The van der Waals surface area contributed by atoms with E-state index in [1.807, 2.05) is 20.8 Å². The number of aromatic nitrogens is 4. The van der Waals surface area contributed by atoms with Crippen LogP contribution in [0.1, 0.15) is 33.1 Å². The molecule has 2 heterocycles. The highest BCUT2D eigenvalue weighted by molar-refractivity contribution is 6.31. The van der Waals surface area contributed by atoms with Gasteiger partial charge < -0.3 is 14.8 Å². The van der Waals surface area contributed by atoms with Gasteiger partial charge in [-0.25, -0.2) is 9.67 Å². The Kier molecular flexibility index (Phi) is 6.51. The van der Waals surface area contributed by atoms with Gasteiger partial charge in [-0.2, -0.15) is 10.1 Å². The van der Waals surface area contributed by atoms with Gasteiger partial charge >= 0.3 is 0 Å². The van der Waals surface area contributed by atoms with E-state index in [1.54, 1.807) is 60.1 Å². The minimum absolute atomic E-state index is 0.329. The minimum atomic E-state index is -0.329. The fourth-order valence-corrected chi connectivity index (χ4v) is 3.58. The standard InChI is InChI=1S/C25H24ClN5O3/c1-14-15(2)30-31(16(14)3)23-13-24(28-17(4)27-23)34-20-9-7-19(8-10-20)29-25(32)21-12-18(26)6-11-22(21)33-5/h6-13H,1-5H3,(H,29,32). The molecule has 0 spiro atoms. The second-order valence-electron chi connectivity index (χ2n) is 7.74. The number of anilines is 1. The molecule has 0 saturated carbocycles. The van der Waals surface area contributed by atoms with Gasteiger partial charge in [0.2, 0.25) is 5.88 Å².